The van der Waals surface area contributed by atoms with E-state index in [1.807, 2.05) is 0 Å². The molecule has 84 valence electrons. The molecule has 0 saturated carbocycles. The zero-order valence-electron chi connectivity index (χ0n) is 10.2. The fraction of sp³-hybridized carbons (Fsp3) is 0.500. The van der Waals surface area contributed by atoms with Crippen molar-refractivity contribution in [2.24, 2.45) is 0 Å². The van der Waals surface area contributed by atoms with E-state index in [1.54, 1.807) is 34.6 Å². The van der Waals surface area contributed by atoms with Crippen LogP contribution in [0.25, 0.3) is 0 Å². The van der Waals surface area contributed by atoms with Gasteiger partial charge in [0.2, 0.25) is 0 Å². The van der Waals surface area contributed by atoms with Gasteiger partial charge in [-0.05, 0) is 34.6 Å². The van der Waals surface area contributed by atoms with E-state index in [-0.39, 0.29) is 11.8 Å². The zero-order chi connectivity index (χ0) is 12.4. The summed E-state index contributed by atoms with van der Waals surface area (Å²) in [6, 6.07) is 0. The van der Waals surface area contributed by atoms with Gasteiger partial charge in [-0.25, -0.2) is 0 Å². The molecule has 0 rings (SSSR count). The summed E-state index contributed by atoms with van der Waals surface area (Å²) in [5.41, 5.74) is 0.130. The lowest BCUT2D eigenvalue weighted by Gasteiger charge is -2.34. The molecule has 2 amide bonds. The molecule has 0 N–H and O–H groups in total. The molecule has 0 aromatic carbocycles. The Morgan fingerprint density at radius 2 is 1.20 bits per heavy atom. The highest BCUT2D eigenvalue weighted by Crippen LogP contribution is 2.18. The third kappa shape index (κ3) is 3.35. The predicted octanol–water partition coefficient (Wildman–Crippen LogP) is 2.29. The van der Waals surface area contributed by atoms with Crippen molar-refractivity contribution >= 4 is 11.8 Å². The fourth-order valence-corrected chi connectivity index (χ4v) is 1.08. The van der Waals surface area contributed by atoms with Gasteiger partial charge in [0, 0.05) is 16.7 Å². The van der Waals surface area contributed by atoms with Crippen molar-refractivity contribution in [3.63, 3.8) is 0 Å². The van der Waals surface area contributed by atoms with Crippen LogP contribution in [0.15, 0.2) is 24.3 Å². The lowest BCUT2D eigenvalue weighted by atomic mass is 10.0. The van der Waals surface area contributed by atoms with E-state index in [0.717, 1.165) is 0 Å². The van der Waals surface area contributed by atoms with Crippen LogP contribution in [0.3, 0.4) is 0 Å². The van der Waals surface area contributed by atoms with Gasteiger partial charge in [-0.15, -0.1) is 0 Å². The van der Waals surface area contributed by atoms with E-state index >= 15 is 0 Å². The average Bonchev–Trinajstić information content (AvgIpc) is 2.01. The normalized spacial score (nSPS) is 10.7. The number of imide groups is 1. The Morgan fingerprint density at radius 1 is 0.933 bits per heavy atom. The highest BCUT2D eigenvalue weighted by atomic mass is 16.2. The lowest BCUT2D eigenvalue weighted by molar-refractivity contribution is -0.145. The Morgan fingerprint density at radius 3 is 1.33 bits per heavy atom. The SMILES string of the molecule is C=C(C)C(=O)N(C(=O)C(=C)C)C(C)(C)C. The van der Waals surface area contributed by atoms with Gasteiger partial charge < -0.3 is 0 Å². The van der Waals surface area contributed by atoms with Gasteiger partial charge in [0.15, 0.2) is 0 Å². The van der Waals surface area contributed by atoms with E-state index in [0.29, 0.717) is 11.1 Å². The van der Waals surface area contributed by atoms with Crippen LogP contribution in [-0.4, -0.2) is 22.3 Å². The van der Waals surface area contributed by atoms with Crippen molar-refractivity contribution in [3.05, 3.63) is 24.3 Å². The predicted molar refractivity (Wildman–Crippen MR) is 61.2 cm³/mol. The first kappa shape index (κ1) is 13.6. The summed E-state index contributed by atoms with van der Waals surface area (Å²) in [5.74, 6) is -0.703. The summed E-state index contributed by atoms with van der Waals surface area (Å²) in [5, 5.41) is 0. The van der Waals surface area contributed by atoms with Crippen LogP contribution >= 0.6 is 0 Å². The van der Waals surface area contributed by atoms with Crippen LogP contribution in [0, 0.1) is 0 Å². The number of hydrogen-bond donors (Lipinski definition) is 0. The minimum Gasteiger partial charge on any atom is -0.270 e. The molecule has 0 aromatic rings. The van der Waals surface area contributed by atoms with Crippen LogP contribution in [-0.2, 0) is 9.59 Å². The standard InChI is InChI=1S/C12H19NO2/c1-8(2)10(14)13(12(5,6)7)11(15)9(3)4/h1,3H2,2,4-7H3. The molecule has 0 bridgehead atoms. The number of carbonyl (C=O) groups is 2. The average molecular weight is 209 g/mol. The van der Waals surface area contributed by atoms with Gasteiger partial charge in [-0.1, -0.05) is 13.2 Å². The van der Waals surface area contributed by atoms with Crippen LogP contribution < -0.4 is 0 Å². The van der Waals surface area contributed by atoms with Crippen molar-refractivity contribution in [3.8, 4) is 0 Å². The summed E-state index contributed by atoms with van der Waals surface area (Å²) >= 11 is 0. The van der Waals surface area contributed by atoms with Gasteiger partial charge in [-0.2, -0.15) is 0 Å². The van der Waals surface area contributed by atoms with Crippen LogP contribution in [0.2, 0.25) is 0 Å². The molecule has 3 nitrogen and oxygen atoms in total. The van der Waals surface area contributed by atoms with Crippen molar-refractivity contribution in [1.29, 1.82) is 0 Å². The third-order valence-electron chi connectivity index (χ3n) is 1.81. The molecule has 0 radical (unpaired) electrons. The summed E-state index contributed by atoms with van der Waals surface area (Å²) < 4.78 is 0. The Kier molecular flexibility index (Phi) is 4.02. The number of hydrogen-bond acceptors (Lipinski definition) is 2. The third-order valence-corrected chi connectivity index (χ3v) is 1.81. The zero-order valence-corrected chi connectivity index (χ0v) is 10.2. The quantitative estimate of drug-likeness (QED) is 0.654. The second kappa shape index (κ2) is 4.43. The summed E-state index contributed by atoms with van der Waals surface area (Å²) in [7, 11) is 0. The molecule has 0 aliphatic heterocycles. The molecule has 0 atom stereocenters. The van der Waals surface area contributed by atoms with Gasteiger partial charge >= 0.3 is 0 Å². The van der Waals surface area contributed by atoms with Crippen LogP contribution in [0.4, 0.5) is 0 Å². The summed E-state index contributed by atoms with van der Waals surface area (Å²) in [6.45, 7) is 15.7. The van der Waals surface area contributed by atoms with E-state index in [4.69, 9.17) is 0 Å². The molecule has 0 heterocycles. The maximum absolute atomic E-state index is 11.8. The van der Waals surface area contributed by atoms with E-state index < -0.39 is 5.54 Å². The number of nitrogens with zero attached hydrogens (tertiary/aromatic N) is 1. The molecule has 0 fully saturated rings. The summed E-state index contributed by atoms with van der Waals surface area (Å²) in [6.07, 6.45) is 0. The largest absolute Gasteiger partial charge is 0.270 e. The van der Waals surface area contributed by atoms with Gasteiger partial charge in [0.05, 0.1) is 0 Å². The van der Waals surface area contributed by atoms with Crippen LogP contribution in [0.5, 0.6) is 0 Å². The first-order valence-corrected chi connectivity index (χ1v) is 4.79. The molecule has 0 saturated heterocycles. The highest BCUT2D eigenvalue weighted by molar-refractivity contribution is 6.09. The molecule has 0 unspecified atom stereocenters. The Hall–Kier alpha value is -1.38. The van der Waals surface area contributed by atoms with Gasteiger partial charge in [-0.3, -0.25) is 14.5 Å². The Labute approximate surface area is 91.5 Å². The molecule has 0 aromatic heterocycles. The van der Waals surface area contributed by atoms with E-state index in [2.05, 4.69) is 13.2 Å². The smallest absolute Gasteiger partial charge is 0.256 e. The van der Waals surface area contributed by atoms with Gasteiger partial charge in [0.25, 0.3) is 11.8 Å². The minimum atomic E-state index is -0.563. The molecular formula is C12H19NO2. The molecule has 0 spiro atoms. The maximum atomic E-state index is 11.8. The van der Waals surface area contributed by atoms with Crippen molar-refractivity contribution in [2.45, 2.75) is 40.2 Å². The highest BCUT2D eigenvalue weighted by Gasteiger charge is 2.32. The summed E-state index contributed by atoms with van der Waals surface area (Å²) in [4.78, 5) is 24.8. The number of carbonyl (C=O) groups excluding carboxylic acids is 2. The van der Waals surface area contributed by atoms with E-state index in [9.17, 15) is 9.59 Å². The minimum absolute atomic E-state index is 0.347. The molecule has 0 aliphatic rings. The number of amides is 2. The molecule has 15 heavy (non-hydrogen) atoms. The molecule has 3 heteroatoms. The second-order valence-corrected chi connectivity index (χ2v) is 4.68. The first-order chi connectivity index (χ1) is 6.59. The monoisotopic (exact) mass is 209 g/mol. The van der Waals surface area contributed by atoms with Crippen LogP contribution in [0.1, 0.15) is 34.6 Å². The van der Waals surface area contributed by atoms with Crippen molar-refractivity contribution in [2.75, 3.05) is 0 Å². The lowest BCUT2D eigenvalue weighted by Crippen LogP contribution is -2.49. The topological polar surface area (TPSA) is 37.4 Å². The van der Waals surface area contributed by atoms with Crippen molar-refractivity contribution < 1.29 is 9.59 Å². The fourth-order valence-electron chi connectivity index (χ4n) is 1.08. The Bertz CT molecular complexity index is 295. The van der Waals surface area contributed by atoms with Crippen molar-refractivity contribution in [1.82, 2.24) is 4.90 Å². The van der Waals surface area contributed by atoms with Gasteiger partial charge in [0.1, 0.15) is 0 Å². The molecule has 0 aliphatic carbocycles. The first-order valence-electron chi connectivity index (χ1n) is 4.79. The molecular weight excluding hydrogens is 190 g/mol. The maximum Gasteiger partial charge on any atom is 0.256 e. The number of rotatable bonds is 2. The van der Waals surface area contributed by atoms with E-state index in [1.165, 1.54) is 4.90 Å². The second-order valence-electron chi connectivity index (χ2n) is 4.68. The Balaban J connectivity index is 5.27.